The maximum Gasteiger partial charge on any atom is 0.319 e. The molecule has 7 heteroatoms. The zero-order valence-corrected chi connectivity index (χ0v) is 13.4. The Balaban J connectivity index is 1.64. The molecule has 0 unspecified atom stereocenters. The average Bonchev–Trinajstić information content (AvgIpc) is 2.58. The molecule has 0 aliphatic rings. The lowest BCUT2D eigenvalue weighted by atomic mass is 10.2. The van der Waals surface area contributed by atoms with Gasteiger partial charge in [-0.2, -0.15) is 0 Å². The summed E-state index contributed by atoms with van der Waals surface area (Å²) < 4.78 is 0. The van der Waals surface area contributed by atoms with E-state index in [-0.39, 0.29) is 11.1 Å². The van der Waals surface area contributed by atoms with E-state index in [1.165, 1.54) is 6.20 Å². The van der Waals surface area contributed by atoms with Gasteiger partial charge in [-0.15, -0.1) is 0 Å². The fraction of sp³-hybridized carbons (Fsp3) is 0.118. The van der Waals surface area contributed by atoms with E-state index < -0.39 is 6.03 Å². The SMILES string of the molecule is O=C(NCCc1ccncc1)Nc1c[nH]c2cc(Cl)ccc2c1=O. The second-order valence-corrected chi connectivity index (χ2v) is 5.64. The number of rotatable bonds is 4. The highest BCUT2D eigenvalue weighted by molar-refractivity contribution is 6.31. The van der Waals surface area contributed by atoms with Crippen molar-refractivity contribution in [1.82, 2.24) is 15.3 Å². The summed E-state index contributed by atoms with van der Waals surface area (Å²) in [6, 6.07) is 8.28. The molecule has 3 rings (SSSR count). The monoisotopic (exact) mass is 342 g/mol. The van der Waals surface area contributed by atoms with E-state index in [9.17, 15) is 9.59 Å². The third-order valence-corrected chi connectivity index (χ3v) is 3.77. The predicted octanol–water partition coefficient (Wildman–Crippen LogP) is 2.94. The quantitative estimate of drug-likeness (QED) is 0.681. The lowest BCUT2D eigenvalue weighted by Crippen LogP contribution is -2.32. The van der Waals surface area contributed by atoms with E-state index in [1.807, 2.05) is 12.1 Å². The standard InChI is InChI=1S/C17H15ClN4O2/c18-12-1-2-13-14(9-12)21-10-15(16(13)23)22-17(24)20-8-5-11-3-6-19-7-4-11/h1-4,6-7,9-10H,5,8H2,(H,21,23)(H2,20,22,24). The molecule has 3 aromatic rings. The van der Waals surface area contributed by atoms with Gasteiger partial charge in [0.1, 0.15) is 5.69 Å². The molecule has 0 atom stereocenters. The minimum atomic E-state index is -0.428. The molecule has 1 aromatic carbocycles. The van der Waals surface area contributed by atoms with E-state index >= 15 is 0 Å². The van der Waals surface area contributed by atoms with Gasteiger partial charge in [0, 0.05) is 35.5 Å². The minimum absolute atomic E-state index is 0.186. The van der Waals surface area contributed by atoms with Crippen LogP contribution < -0.4 is 16.1 Å². The summed E-state index contributed by atoms with van der Waals surface area (Å²) in [5.41, 5.74) is 1.62. The highest BCUT2D eigenvalue weighted by atomic mass is 35.5. The topological polar surface area (TPSA) is 86.9 Å². The van der Waals surface area contributed by atoms with Crippen LogP contribution in [0.3, 0.4) is 0 Å². The number of hydrogen-bond acceptors (Lipinski definition) is 3. The van der Waals surface area contributed by atoms with E-state index in [0.29, 0.717) is 28.9 Å². The number of aromatic amines is 1. The van der Waals surface area contributed by atoms with Gasteiger partial charge in [0.2, 0.25) is 5.43 Å². The maximum atomic E-state index is 12.4. The molecule has 3 N–H and O–H groups in total. The highest BCUT2D eigenvalue weighted by Gasteiger charge is 2.08. The Labute approximate surface area is 142 Å². The zero-order chi connectivity index (χ0) is 16.9. The number of carbonyl (C=O) groups is 1. The number of hydrogen-bond donors (Lipinski definition) is 3. The number of benzene rings is 1. The molecule has 0 saturated carbocycles. The average molecular weight is 343 g/mol. The molecule has 6 nitrogen and oxygen atoms in total. The van der Waals surface area contributed by atoms with E-state index in [4.69, 9.17) is 11.6 Å². The van der Waals surface area contributed by atoms with E-state index in [0.717, 1.165) is 5.56 Å². The maximum absolute atomic E-state index is 12.4. The molecular formula is C17H15ClN4O2. The molecule has 0 aliphatic carbocycles. The van der Waals surface area contributed by atoms with E-state index in [1.54, 1.807) is 30.6 Å². The predicted molar refractivity (Wildman–Crippen MR) is 94.5 cm³/mol. The summed E-state index contributed by atoms with van der Waals surface area (Å²) in [6.07, 6.45) is 5.55. The van der Waals surface area contributed by atoms with Crippen LogP contribution in [-0.2, 0) is 6.42 Å². The Morgan fingerprint density at radius 3 is 2.79 bits per heavy atom. The zero-order valence-electron chi connectivity index (χ0n) is 12.7. The molecule has 122 valence electrons. The molecule has 2 heterocycles. The molecule has 0 fully saturated rings. The third-order valence-electron chi connectivity index (χ3n) is 3.54. The lowest BCUT2D eigenvalue weighted by molar-refractivity contribution is 0.252. The Morgan fingerprint density at radius 2 is 2.00 bits per heavy atom. The normalized spacial score (nSPS) is 10.5. The van der Waals surface area contributed by atoms with Crippen LogP contribution in [0.15, 0.2) is 53.7 Å². The van der Waals surface area contributed by atoms with Crippen molar-refractivity contribution in [3.8, 4) is 0 Å². The largest absolute Gasteiger partial charge is 0.359 e. The molecule has 2 aromatic heterocycles. The van der Waals surface area contributed by atoms with Crippen molar-refractivity contribution < 1.29 is 4.79 Å². The second kappa shape index (κ2) is 7.14. The van der Waals surface area contributed by atoms with Crippen LogP contribution in [0.4, 0.5) is 10.5 Å². The Bertz CT molecular complexity index is 925. The molecule has 0 aliphatic heterocycles. The first kappa shape index (κ1) is 16.0. The van der Waals surface area contributed by atoms with Crippen molar-refractivity contribution >= 4 is 34.2 Å². The first-order chi connectivity index (χ1) is 11.6. The van der Waals surface area contributed by atoms with Gasteiger partial charge in [0.25, 0.3) is 0 Å². The summed E-state index contributed by atoms with van der Waals surface area (Å²) in [5, 5.41) is 6.29. The van der Waals surface area contributed by atoms with Gasteiger partial charge < -0.3 is 15.6 Å². The van der Waals surface area contributed by atoms with Crippen LogP contribution >= 0.6 is 11.6 Å². The number of amides is 2. The molecule has 24 heavy (non-hydrogen) atoms. The fourth-order valence-electron chi connectivity index (χ4n) is 2.32. The minimum Gasteiger partial charge on any atom is -0.359 e. The van der Waals surface area contributed by atoms with Gasteiger partial charge in [0.05, 0.1) is 5.52 Å². The van der Waals surface area contributed by atoms with Crippen molar-refractivity contribution in [3.05, 3.63) is 69.7 Å². The first-order valence-corrected chi connectivity index (χ1v) is 7.76. The smallest absolute Gasteiger partial charge is 0.319 e. The number of pyridine rings is 2. The summed E-state index contributed by atoms with van der Waals surface area (Å²) in [5.74, 6) is 0. The molecule has 0 spiro atoms. The summed E-state index contributed by atoms with van der Waals surface area (Å²) in [7, 11) is 0. The van der Waals surface area contributed by atoms with Gasteiger partial charge in [-0.1, -0.05) is 11.6 Å². The number of aromatic nitrogens is 2. The van der Waals surface area contributed by atoms with Crippen LogP contribution in [-0.4, -0.2) is 22.5 Å². The molecule has 0 radical (unpaired) electrons. The molecule has 2 amide bonds. The lowest BCUT2D eigenvalue weighted by Gasteiger charge is -2.08. The van der Waals surface area contributed by atoms with Gasteiger partial charge in [0.15, 0.2) is 0 Å². The number of anilines is 1. The van der Waals surface area contributed by atoms with Crippen LogP contribution in [0.25, 0.3) is 10.9 Å². The van der Waals surface area contributed by atoms with Crippen molar-refractivity contribution in [2.24, 2.45) is 0 Å². The van der Waals surface area contributed by atoms with Gasteiger partial charge in [-0.25, -0.2) is 4.79 Å². The number of nitrogens with one attached hydrogen (secondary N) is 3. The summed E-state index contributed by atoms with van der Waals surface area (Å²) in [6.45, 7) is 0.455. The molecule has 0 bridgehead atoms. The van der Waals surface area contributed by atoms with Gasteiger partial charge >= 0.3 is 6.03 Å². The van der Waals surface area contributed by atoms with Crippen LogP contribution in [0.1, 0.15) is 5.56 Å². The molecule has 0 saturated heterocycles. The number of fused-ring (bicyclic) bond motifs is 1. The summed E-state index contributed by atoms with van der Waals surface area (Å²) >= 11 is 5.90. The van der Waals surface area contributed by atoms with Crippen molar-refractivity contribution in [1.29, 1.82) is 0 Å². The van der Waals surface area contributed by atoms with Crippen molar-refractivity contribution in [3.63, 3.8) is 0 Å². The van der Waals surface area contributed by atoms with Crippen LogP contribution in [0.5, 0.6) is 0 Å². The number of carbonyl (C=O) groups excluding carboxylic acids is 1. The number of H-pyrrole nitrogens is 1. The Morgan fingerprint density at radius 1 is 1.21 bits per heavy atom. The van der Waals surface area contributed by atoms with Crippen molar-refractivity contribution in [2.45, 2.75) is 6.42 Å². The first-order valence-electron chi connectivity index (χ1n) is 7.38. The number of urea groups is 1. The third kappa shape index (κ3) is 3.72. The number of halogens is 1. The summed E-state index contributed by atoms with van der Waals surface area (Å²) in [4.78, 5) is 31.2. The highest BCUT2D eigenvalue weighted by Crippen LogP contribution is 2.16. The van der Waals surface area contributed by atoms with Gasteiger partial charge in [-0.3, -0.25) is 9.78 Å². The fourth-order valence-corrected chi connectivity index (χ4v) is 2.50. The molecular weight excluding hydrogens is 328 g/mol. The van der Waals surface area contributed by atoms with Gasteiger partial charge in [-0.05, 0) is 42.3 Å². The number of nitrogens with zero attached hydrogens (tertiary/aromatic N) is 1. The van der Waals surface area contributed by atoms with Crippen molar-refractivity contribution in [2.75, 3.05) is 11.9 Å². The Kier molecular flexibility index (Phi) is 4.77. The second-order valence-electron chi connectivity index (χ2n) is 5.21. The van der Waals surface area contributed by atoms with E-state index in [2.05, 4.69) is 20.6 Å². The van der Waals surface area contributed by atoms with Crippen LogP contribution in [0.2, 0.25) is 5.02 Å². The Hall–Kier alpha value is -2.86. The van der Waals surface area contributed by atoms with Crippen LogP contribution in [0, 0.1) is 0 Å².